The highest BCUT2D eigenvalue weighted by Crippen LogP contribution is 2.31. The van der Waals surface area contributed by atoms with Crippen molar-refractivity contribution in [3.05, 3.63) is 60.4 Å². The maximum absolute atomic E-state index is 6.17. The summed E-state index contributed by atoms with van der Waals surface area (Å²) >= 11 is 1.70. The summed E-state index contributed by atoms with van der Waals surface area (Å²) in [6.45, 7) is 2.12. The minimum atomic E-state index is 0.167. The third-order valence-corrected chi connectivity index (χ3v) is 4.56. The maximum atomic E-state index is 6.17. The lowest BCUT2D eigenvalue weighted by Gasteiger charge is -2.10. The number of pyridine rings is 1. The molecule has 1 aromatic carbocycles. The lowest BCUT2D eigenvalue weighted by Crippen LogP contribution is -2.22. The zero-order valence-corrected chi connectivity index (χ0v) is 12.9. The van der Waals surface area contributed by atoms with Gasteiger partial charge in [0, 0.05) is 23.6 Å². The van der Waals surface area contributed by atoms with Crippen LogP contribution in [-0.2, 0) is 6.42 Å². The van der Waals surface area contributed by atoms with Gasteiger partial charge in [-0.15, -0.1) is 0 Å². The van der Waals surface area contributed by atoms with Crippen molar-refractivity contribution in [2.45, 2.75) is 35.7 Å². The summed E-state index contributed by atoms with van der Waals surface area (Å²) in [5.41, 5.74) is 8.35. The number of fused-ring (bicyclic) bond motifs is 1. The van der Waals surface area contributed by atoms with Crippen LogP contribution >= 0.6 is 11.8 Å². The fourth-order valence-corrected chi connectivity index (χ4v) is 3.24. The van der Waals surface area contributed by atoms with Crippen molar-refractivity contribution in [3.8, 4) is 0 Å². The van der Waals surface area contributed by atoms with E-state index in [4.69, 9.17) is 10.7 Å². The Morgan fingerprint density at radius 3 is 2.67 bits per heavy atom. The molecular weight excluding hydrogens is 278 g/mol. The first-order valence-electron chi connectivity index (χ1n) is 7.22. The van der Waals surface area contributed by atoms with Crippen LogP contribution in [-0.4, -0.2) is 15.4 Å². The minimum Gasteiger partial charge on any atom is -0.327 e. The van der Waals surface area contributed by atoms with Gasteiger partial charge in [-0.05, 0) is 30.7 Å². The number of rotatable bonds is 5. The number of aromatic nitrogens is 2. The molecule has 3 rings (SSSR count). The second kappa shape index (κ2) is 6.33. The number of nitrogens with zero attached hydrogens (tertiary/aromatic N) is 2. The summed E-state index contributed by atoms with van der Waals surface area (Å²) in [6.07, 6.45) is 3.88. The van der Waals surface area contributed by atoms with Gasteiger partial charge in [0.25, 0.3) is 0 Å². The summed E-state index contributed by atoms with van der Waals surface area (Å²) < 4.78 is 2.15. The molecule has 0 fully saturated rings. The molecule has 3 aromatic rings. The first-order chi connectivity index (χ1) is 10.3. The smallest absolute Gasteiger partial charge is 0.138 e. The Kier molecular flexibility index (Phi) is 4.27. The second-order valence-corrected chi connectivity index (χ2v) is 6.14. The number of hydrogen-bond donors (Lipinski definition) is 1. The zero-order chi connectivity index (χ0) is 14.7. The number of benzene rings is 1. The monoisotopic (exact) mass is 297 g/mol. The average molecular weight is 297 g/mol. The van der Waals surface area contributed by atoms with Crippen molar-refractivity contribution in [1.29, 1.82) is 0 Å². The van der Waals surface area contributed by atoms with Gasteiger partial charge in [-0.25, -0.2) is 4.98 Å². The molecule has 2 aromatic heterocycles. The standard InChI is InChI=1S/C17H19N3S/c1-2-13(18)12-15-17(21-14-8-4-3-5-9-14)19-16-10-6-7-11-20(15)16/h3-11,13H,2,12,18H2,1H3. The van der Waals surface area contributed by atoms with Crippen molar-refractivity contribution in [1.82, 2.24) is 9.38 Å². The molecule has 0 amide bonds. The van der Waals surface area contributed by atoms with E-state index in [1.165, 1.54) is 10.6 Å². The van der Waals surface area contributed by atoms with Gasteiger partial charge in [-0.1, -0.05) is 43.0 Å². The predicted octanol–water partition coefficient (Wildman–Crippen LogP) is 3.77. The Morgan fingerprint density at radius 1 is 1.14 bits per heavy atom. The van der Waals surface area contributed by atoms with Gasteiger partial charge in [-0.3, -0.25) is 0 Å². The molecule has 0 bridgehead atoms. The fourth-order valence-electron chi connectivity index (χ4n) is 2.29. The highest BCUT2D eigenvalue weighted by molar-refractivity contribution is 7.99. The predicted molar refractivity (Wildman–Crippen MR) is 87.7 cm³/mol. The Labute approximate surface area is 129 Å². The van der Waals surface area contributed by atoms with E-state index in [9.17, 15) is 0 Å². The Bertz CT molecular complexity index is 721. The van der Waals surface area contributed by atoms with Crippen LogP contribution in [0, 0.1) is 0 Å². The van der Waals surface area contributed by atoms with Crippen molar-refractivity contribution in [2.75, 3.05) is 0 Å². The quantitative estimate of drug-likeness (QED) is 0.779. The Balaban J connectivity index is 2.02. The van der Waals surface area contributed by atoms with Crippen LogP contribution < -0.4 is 5.73 Å². The third-order valence-electron chi connectivity index (χ3n) is 3.53. The molecule has 0 aliphatic carbocycles. The van der Waals surface area contributed by atoms with Crippen LogP contribution in [0.5, 0.6) is 0 Å². The molecule has 0 radical (unpaired) electrons. The number of hydrogen-bond acceptors (Lipinski definition) is 3. The molecule has 0 aliphatic heterocycles. The average Bonchev–Trinajstić information content (AvgIpc) is 2.86. The van der Waals surface area contributed by atoms with E-state index in [2.05, 4.69) is 41.8 Å². The Hall–Kier alpha value is -1.78. The van der Waals surface area contributed by atoms with Crippen LogP contribution in [0.25, 0.3) is 5.65 Å². The molecule has 0 saturated heterocycles. The topological polar surface area (TPSA) is 43.3 Å². The maximum Gasteiger partial charge on any atom is 0.138 e. The molecule has 0 spiro atoms. The highest BCUT2D eigenvalue weighted by Gasteiger charge is 2.15. The largest absolute Gasteiger partial charge is 0.327 e. The van der Waals surface area contributed by atoms with E-state index >= 15 is 0 Å². The van der Waals surface area contributed by atoms with E-state index in [-0.39, 0.29) is 6.04 Å². The van der Waals surface area contributed by atoms with Gasteiger partial charge in [0.1, 0.15) is 10.7 Å². The lowest BCUT2D eigenvalue weighted by atomic mass is 10.1. The zero-order valence-electron chi connectivity index (χ0n) is 12.1. The van der Waals surface area contributed by atoms with E-state index in [0.717, 1.165) is 23.5 Å². The van der Waals surface area contributed by atoms with Gasteiger partial charge in [0.2, 0.25) is 0 Å². The Morgan fingerprint density at radius 2 is 1.90 bits per heavy atom. The fraction of sp³-hybridized carbons (Fsp3) is 0.235. The molecule has 3 nitrogen and oxygen atoms in total. The summed E-state index contributed by atoms with van der Waals surface area (Å²) in [5, 5.41) is 1.05. The number of nitrogens with two attached hydrogens (primary N) is 1. The molecule has 1 atom stereocenters. The third kappa shape index (κ3) is 3.12. The van der Waals surface area contributed by atoms with Crippen molar-refractivity contribution < 1.29 is 0 Å². The van der Waals surface area contributed by atoms with E-state index < -0.39 is 0 Å². The van der Waals surface area contributed by atoms with E-state index in [1.807, 2.05) is 24.3 Å². The lowest BCUT2D eigenvalue weighted by molar-refractivity contribution is 0.627. The van der Waals surface area contributed by atoms with Crippen molar-refractivity contribution in [3.63, 3.8) is 0 Å². The molecule has 0 saturated carbocycles. The van der Waals surface area contributed by atoms with Crippen LogP contribution in [0.15, 0.2) is 64.6 Å². The molecular formula is C17H19N3S. The van der Waals surface area contributed by atoms with Gasteiger partial charge in [-0.2, -0.15) is 0 Å². The van der Waals surface area contributed by atoms with E-state index in [0.29, 0.717) is 0 Å². The van der Waals surface area contributed by atoms with Crippen molar-refractivity contribution >= 4 is 17.4 Å². The highest BCUT2D eigenvalue weighted by atomic mass is 32.2. The normalized spacial score (nSPS) is 12.7. The molecule has 21 heavy (non-hydrogen) atoms. The number of imidazole rings is 1. The summed E-state index contributed by atoms with van der Waals surface area (Å²) in [6, 6.07) is 16.6. The minimum absolute atomic E-state index is 0.167. The first-order valence-corrected chi connectivity index (χ1v) is 8.04. The summed E-state index contributed by atoms with van der Waals surface area (Å²) in [4.78, 5) is 5.97. The summed E-state index contributed by atoms with van der Waals surface area (Å²) in [5.74, 6) is 0. The van der Waals surface area contributed by atoms with Crippen LogP contribution in [0.1, 0.15) is 19.0 Å². The van der Waals surface area contributed by atoms with E-state index in [1.54, 1.807) is 11.8 Å². The van der Waals surface area contributed by atoms with Crippen molar-refractivity contribution in [2.24, 2.45) is 5.73 Å². The van der Waals surface area contributed by atoms with Gasteiger partial charge >= 0.3 is 0 Å². The molecule has 108 valence electrons. The van der Waals surface area contributed by atoms with Crippen LogP contribution in [0.4, 0.5) is 0 Å². The molecule has 0 aliphatic rings. The molecule has 1 unspecified atom stereocenters. The van der Waals surface area contributed by atoms with Gasteiger partial charge in [0.05, 0.1) is 5.69 Å². The van der Waals surface area contributed by atoms with Gasteiger partial charge < -0.3 is 10.1 Å². The van der Waals surface area contributed by atoms with Crippen LogP contribution in [0.3, 0.4) is 0 Å². The first kappa shape index (κ1) is 14.2. The molecule has 4 heteroatoms. The molecule has 2 N–H and O–H groups in total. The molecule has 2 heterocycles. The van der Waals surface area contributed by atoms with Crippen LogP contribution in [0.2, 0.25) is 0 Å². The van der Waals surface area contributed by atoms with Gasteiger partial charge in [0.15, 0.2) is 0 Å². The SMILES string of the molecule is CCC(N)Cc1c(Sc2ccccc2)nc2ccccn12. The summed E-state index contributed by atoms with van der Waals surface area (Å²) in [7, 11) is 0. The second-order valence-electron chi connectivity index (χ2n) is 5.08.